The summed E-state index contributed by atoms with van der Waals surface area (Å²) in [4.78, 5) is 11.1. The lowest BCUT2D eigenvalue weighted by Crippen LogP contribution is -2.05. The SMILES string of the molecule is COCC(=O)C=C1CCCCC1. The molecule has 0 atom stereocenters. The smallest absolute Gasteiger partial charge is 0.181 e. The van der Waals surface area contributed by atoms with Crippen molar-refractivity contribution in [3.63, 3.8) is 0 Å². The van der Waals surface area contributed by atoms with E-state index in [1.54, 1.807) is 13.2 Å². The van der Waals surface area contributed by atoms with Crippen LogP contribution in [-0.4, -0.2) is 19.5 Å². The molecule has 1 aliphatic carbocycles. The van der Waals surface area contributed by atoms with E-state index in [1.165, 1.54) is 24.8 Å². The van der Waals surface area contributed by atoms with Crippen molar-refractivity contribution in [2.75, 3.05) is 13.7 Å². The van der Waals surface area contributed by atoms with Crippen LogP contribution in [-0.2, 0) is 9.53 Å². The van der Waals surface area contributed by atoms with Gasteiger partial charge in [-0.15, -0.1) is 0 Å². The van der Waals surface area contributed by atoms with Crippen LogP contribution >= 0.6 is 0 Å². The monoisotopic (exact) mass is 168 g/mol. The lowest BCUT2D eigenvalue weighted by atomic mass is 9.94. The second-order valence-corrected chi connectivity index (χ2v) is 3.26. The zero-order valence-electron chi connectivity index (χ0n) is 7.64. The van der Waals surface area contributed by atoms with Gasteiger partial charge in [-0.2, -0.15) is 0 Å². The summed E-state index contributed by atoms with van der Waals surface area (Å²) < 4.78 is 4.75. The van der Waals surface area contributed by atoms with Gasteiger partial charge in [0.05, 0.1) is 0 Å². The number of carbonyl (C=O) groups excluding carboxylic acids is 1. The Balaban J connectivity index is 2.37. The zero-order valence-corrected chi connectivity index (χ0v) is 7.64. The highest BCUT2D eigenvalue weighted by molar-refractivity contribution is 5.91. The van der Waals surface area contributed by atoms with E-state index in [9.17, 15) is 4.79 Å². The third kappa shape index (κ3) is 3.18. The van der Waals surface area contributed by atoms with Crippen LogP contribution in [0.1, 0.15) is 32.1 Å². The number of hydrogen-bond acceptors (Lipinski definition) is 2. The first-order chi connectivity index (χ1) is 5.83. The van der Waals surface area contributed by atoms with Gasteiger partial charge in [0, 0.05) is 7.11 Å². The number of carbonyl (C=O) groups is 1. The molecule has 0 N–H and O–H groups in total. The van der Waals surface area contributed by atoms with Crippen molar-refractivity contribution in [1.29, 1.82) is 0 Å². The minimum atomic E-state index is 0.106. The molecule has 0 spiro atoms. The molecular formula is C10H16O2. The first kappa shape index (κ1) is 9.46. The highest BCUT2D eigenvalue weighted by Gasteiger charge is 2.06. The standard InChI is InChI=1S/C10H16O2/c1-12-8-10(11)7-9-5-3-2-4-6-9/h7H,2-6,8H2,1H3. The van der Waals surface area contributed by atoms with E-state index >= 15 is 0 Å². The Morgan fingerprint density at radius 2 is 2.08 bits per heavy atom. The van der Waals surface area contributed by atoms with Crippen molar-refractivity contribution >= 4 is 5.78 Å². The van der Waals surface area contributed by atoms with E-state index in [4.69, 9.17) is 4.74 Å². The molecule has 1 rings (SSSR count). The van der Waals surface area contributed by atoms with Crippen molar-refractivity contribution in [2.24, 2.45) is 0 Å². The molecule has 2 heteroatoms. The Bertz CT molecular complexity index is 174. The molecule has 0 aromatic heterocycles. The Morgan fingerprint density at radius 3 is 2.67 bits per heavy atom. The maximum Gasteiger partial charge on any atom is 0.181 e. The fourth-order valence-corrected chi connectivity index (χ4v) is 1.56. The Labute approximate surface area is 73.6 Å². The molecule has 0 saturated heterocycles. The van der Waals surface area contributed by atoms with Crippen molar-refractivity contribution in [1.82, 2.24) is 0 Å². The summed E-state index contributed by atoms with van der Waals surface area (Å²) in [6, 6.07) is 0. The van der Waals surface area contributed by atoms with E-state index in [-0.39, 0.29) is 12.4 Å². The lowest BCUT2D eigenvalue weighted by molar-refractivity contribution is -0.118. The van der Waals surface area contributed by atoms with Gasteiger partial charge in [0.2, 0.25) is 0 Å². The van der Waals surface area contributed by atoms with E-state index in [0.717, 1.165) is 12.8 Å². The van der Waals surface area contributed by atoms with Crippen LogP contribution in [0.4, 0.5) is 0 Å². The van der Waals surface area contributed by atoms with Crippen molar-refractivity contribution in [2.45, 2.75) is 32.1 Å². The maximum absolute atomic E-state index is 11.1. The first-order valence-electron chi connectivity index (χ1n) is 4.54. The van der Waals surface area contributed by atoms with Gasteiger partial charge in [0.25, 0.3) is 0 Å². The maximum atomic E-state index is 11.1. The highest BCUT2D eigenvalue weighted by atomic mass is 16.5. The molecule has 1 aliphatic rings. The van der Waals surface area contributed by atoms with E-state index in [2.05, 4.69) is 0 Å². The molecule has 0 unspecified atom stereocenters. The number of methoxy groups -OCH3 is 1. The minimum absolute atomic E-state index is 0.106. The molecule has 0 aromatic rings. The van der Waals surface area contributed by atoms with Gasteiger partial charge < -0.3 is 4.74 Å². The number of ether oxygens (including phenoxy) is 1. The molecule has 0 radical (unpaired) electrons. The van der Waals surface area contributed by atoms with E-state index in [0.29, 0.717) is 0 Å². The Hall–Kier alpha value is -0.630. The average molecular weight is 168 g/mol. The number of rotatable bonds is 3. The Morgan fingerprint density at radius 1 is 1.42 bits per heavy atom. The number of allylic oxidation sites excluding steroid dienone is 1. The van der Waals surface area contributed by atoms with Gasteiger partial charge in [-0.1, -0.05) is 12.0 Å². The number of hydrogen-bond donors (Lipinski definition) is 0. The summed E-state index contributed by atoms with van der Waals surface area (Å²) in [6.07, 6.45) is 7.78. The topological polar surface area (TPSA) is 26.3 Å². The number of ketones is 1. The Kier molecular flexibility index (Phi) is 4.01. The molecule has 1 fully saturated rings. The van der Waals surface area contributed by atoms with Crippen molar-refractivity contribution in [3.8, 4) is 0 Å². The van der Waals surface area contributed by atoms with Crippen molar-refractivity contribution < 1.29 is 9.53 Å². The summed E-state index contributed by atoms with van der Waals surface area (Å²) in [7, 11) is 1.55. The van der Waals surface area contributed by atoms with Crippen LogP contribution in [0.3, 0.4) is 0 Å². The predicted octanol–water partition coefficient (Wildman–Crippen LogP) is 2.09. The first-order valence-corrected chi connectivity index (χ1v) is 4.54. The average Bonchev–Trinajstić information content (AvgIpc) is 2.06. The summed E-state index contributed by atoms with van der Waals surface area (Å²) in [5, 5.41) is 0. The van der Waals surface area contributed by atoms with Crippen molar-refractivity contribution in [3.05, 3.63) is 11.6 Å². The summed E-state index contributed by atoms with van der Waals surface area (Å²) in [6.45, 7) is 0.226. The fourth-order valence-electron chi connectivity index (χ4n) is 1.56. The summed E-state index contributed by atoms with van der Waals surface area (Å²) in [5.41, 5.74) is 1.31. The molecule has 0 aliphatic heterocycles. The van der Waals surface area contributed by atoms with Gasteiger partial charge in [-0.25, -0.2) is 0 Å². The molecular weight excluding hydrogens is 152 g/mol. The van der Waals surface area contributed by atoms with Crippen LogP contribution in [0.15, 0.2) is 11.6 Å². The van der Waals surface area contributed by atoms with E-state index < -0.39 is 0 Å². The normalized spacial score (nSPS) is 17.6. The van der Waals surface area contributed by atoms with E-state index in [1.807, 2.05) is 0 Å². The van der Waals surface area contributed by atoms with Gasteiger partial charge in [0.15, 0.2) is 5.78 Å². The highest BCUT2D eigenvalue weighted by Crippen LogP contribution is 2.22. The molecule has 0 aromatic carbocycles. The molecule has 0 amide bonds. The lowest BCUT2D eigenvalue weighted by Gasteiger charge is -2.12. The fraction of sp³-hybridized carbons (Fsp3) is 0.700. The van der Waals surface area contributed by atoms with Gasteiger partial charge in [0.1, 0.15) is 6.61 Å². The molecule has 2 nitrogen and oxygen atoms in total. The molecule has 0 heterocycles. The largest absolute Gasteiger partial charge is 0.377 e. The molecule has 1 saturated carbocycles. The quantitative estimate of drug-likeness (QED) is 0.603. The zero-order chi connectivity index (χ0) is 8.81. The molecule has 68 valence electrons. The van der Waals surface area contributed by atoms with Gasteiger partial charge in [-0.05, 0) is 31.8 Å². The molecule has 12 heavy (non-hydrogen) atoms. The van der Waals surface area contributed by atoms with Crippen LogP contribution < -0.4 is 0 Å². The third-order valence-corrected chi connectivity index (χ3v) is 2.15. The minimum Gasteiger partial charge on any atom is -0.377 e. The third-order valence-electron chi connectivity index (χ3n) is 2.15. The second kappa shape index (κ2) is 5.09. The van der Waals surface area contributed by atoms with Crippen LogP contribution in [0.25, 0.3) is 0 Å². The molecule has 0 bridgehead atoms. The van der Waals surface area contributed by atoms with Crippen LogP contribution in [0.2, 0.25) is 0 Å². The van der Waals surface area contributed by atoms with Crippen LogP contribution in [0.5, 0.6) is 0 Å². The summed E-state index contributed by atoms with van der Waals surface area (Å²) in [5.74, 6) is 0.106. The van der Waals surface area contributed by atoms with Crippen LogP contribution in [0, 0.1) is 0 Å². The van der Waals surface area contributed by atoms with Gasteiger partial charge >= 0.3 is 0 Å². The van der Waals surface area contributed by atoms with Gasteiger partial charge in [-0.3, -0.25) is 4.79 Å². The second-order valence-electron chi connectivity index (χ2n) is 3.26. The summed E-state index contributed by atoms with van der Waals surface area (Å²) >= 11 is 0. The predicted molar refractivity (Wildman–Crippen MR) is 48.1 cm³/mol.